The maximum Gasteiger partial charge on any atom is 0.234 e. The second-order valence-electron chi connectivity index (χ2n) is 5.45. The molecular formula is C17H16Cl2N4OS2. The number of halogens is 2. The lowest BCUT2D eigenvalue weighted by Gasteiger charge is -2.08. The molecule has 0 aliphatic heterocycles. The summed E-state index contributed by atoms with van der Waals surface area (Å²) in [6.07, 6.45) is 0.995. The highest BCUT2D eigenvalue weighted by molar-refractivity contribution is 7.99. The Labute approximate surface area is 169 Å². The van der Waals surface area contributed by atoms with Crippen molar-refractivity contribution in [3.63, 3.8) is 0 Å². The Morgan fingerprint density at radius 1 is 1.31 bits per heavy atom. The van der Waals surface area contributed by atoms with Crippen LogP contribution in [-0.4, -0.2) is 26.4 Å². The summed E-state index contributed by atoms with van der Waals surface area (Å²) in [6.45, 7) is 2.12. The van der Waals surface area contributed by atoms with Crippen LogP contribution in [0.2, 0.25) is 10.0 Å². The molecule has 0 saturated heterocycles. The van der Waals surface area contributed by atoms with Crippen LogP contribution in [0, 0.1) is 0 Å². The van der Waals surface area contributed by atoms with Gasteiger partial charge in [-0.25, -0.2) is 0 Å². The van der Waals surface area contributed by atoms with Crippen LogP contribution in [0.3, 0.4) is 0 Å². The van der Waals surface area contributed by atoms with Crippen LogP contribution in [0.15, 0.2) is 34.8 Å². The van der Waals surface area contributed by atoms with E-state index in [0.29, 0.717) is 20.9 Å². The molecule has 3 aromatic rings. The van der Waals surface area contributed by atoms with Crippen LogP contribution in [0.25, 0.3) is 11.4 Å². The molecule has 0 fully saturated rings. The predicted octanol–water partition coefficient (Wildman–Crippen LogP) is 5.14. The topological polar surface area (TPSA) is 59.8 Å². The van der Waals surface area contributed by atoms with Gasteiger partial charge < -0.3 is 9.88 Å². The van der Waals surface area contributed by atoms with Crippen molar-refractivity contribution in [2.75, 3.05) is 11.1 Å². The van der Waals surface area contributed by atoms with E-state index in [-0.39, 0.29) is 11.7 Å². The van der Waals surface area contributed by atoms with Crippen molar-refractivity contribution in [1.29, 1.82) is 0 Å². The number of para-hydroxylation sites is 1. The average molecular weight is 427 g/mol. The van der Waals surface area contributed by atoms with E-state index in [1.54, 1.807) is 29.5 Å². The molecular weight excluding hydrogens is 411 g/mol. The minimum Gasteiger partial charge on any atom is -0.323 e. The van der Waals surface area contributed by atoms with E-state index in [2.05, 4.69) is 33.9 Å². The number of benzene rings is 1. The average Bonchev–Trinajstić information content (AvgIpc) is 3.23. The van der Waals surface area contributed by atoms with Gasteiger partial charge in [-0.1, -0.05) is 48.0 Å². The van der Waals surface area contributed by atoms with E-state index in [1.807, 2.05) is 11.6 Å². The van der Waals surface area contributed by atoms with Gasteiger partial charge in [-0.3, -0.25) is 4.79 Å². The summed E-state index contributed by atoms with van der Waals surface area (Å²) in [7, 11) is 1.89. The highest BCUT2D eigenvalue weighted by Gasteiger charge is 2.15. The van der Waals surface area contributed by atoms with Gasteiger partial charge in [0.15, 0.2) is 11.0 Å². The monoisotopic (exact) mass is 426 g/mol. The largest absolute Gasteiger partial charge is 0.323 e. The third-order valence-electron chi connectivity index (χ3n) is 3.65. The van der Waals surface area contributed by atoms with E-state index in [1.165, 1.54) is 16.6 Å². The molecule has 9 heteroatoms. The summed E-state index contributed by atoms with van der Waals surface area (Å²) >= 11 is 15.2. The maximum absolute atomic E-state index is 12.2. The first-order chi connectivity index (χ1) is 12.5. The van der Waals surface area contributed by atoms with Gasteiger partial charge in [0.05, 0.1) is 21.5 Å². The molecule has 0 atom stereocenters. The Balaban J connectivity index is 1.66. The normalized spacial score (nSPS) is 10.9. The molecule has 0 radical (unpaired) electrons. The molecule has 3 rings (SSSR count). The highest BCUT2D eigenvalue weighted by atomic mass is 35.5. The van der Waals surface area contributed by atoms with Crippen molar-refractivity contribution >= 4 is 57.9 Å². The summed E-state index contributed by atoms with van der Waals surface area (Å²) < 4.78 is 1.89. The fourth-order valence-corrected chi connectivity index (χ4v) is 4.31. The molecule has 0 aliphatic rings. The molecule has 2 heterocycles. The first-order valence-electron chi connectivity index (χ1n) is 7.83. The number of carbonyl (C=O) groups excluding carboxylic acids is 1. The highest BCUT2D eigenvalue weighted by Crippen LogP contribution is 2.30. The van der Waals surface area contributed by atoms with Crippen molar-refractivity contribution in [3.05, 3.63) is 44.6 Å². The number of hydrogen-bond acceptors (Lipinski definition) is 5. The summed E-state index contributed by atoms with van der Waals surface area (Å²) in [5.74, 6) is 0.758. The van der Waals surface area contributed by atoms with Crippen LogP contribution < -0.4 is 5.32 Å². The standard InChI is InChI=1S/C17H16Cl2N4OS2/c1-3-11-7-10(8-25-11)16-21-22-17(23(16)2)26-9-14(24)20-15-12(18)5-4-6-13(15)19/h4-8H,3,9H2,1-2H3,(H,20,24). The van der Waals surface area contributed by atoms with Gasteiger partial charge in [-0.05, 0) is 24.6 Å². The summed E-state index contributed by atoms with van der Waals surface area (Å²) in [6, 6.07) is 7.20. The Hall–Kier alpha value is -1.54. The lowest BCUT2D eigenvalue weighted by Crippen LogP contribution is -2.15. The van der Waals surface area contributed by atoms with Crippen molar-refractivity contribution in [2.24, 2.45) is 7.05 Å². The van der Waals surface area contributed by atoms with Gasteiger partial charge in [-0.15, -0.1) is 21.5 Å². The SMILES string of the molecule is CCc1cc(-c2nnc(SCC(=O)Nc3c(Cl)cccc3Cl)n2C)cs1. The third-order valence-corrected chi connectivity index (χ3v) is 6.39. The zero-order valence-corrected chi connectivity index (χ0v) is 17.3. The fraction of sp³-hybridized carbons (Fsp3) is 0.235. The zero-order chi connectivity index (χ0) is 18.7. The number of aromatic nitrogens is 3. The molecule has 1 N–H and O–H groups in total. The summed E-state index contributed by atoms with van der Waals surface area (Å²) in [4.78, 5) is 13.5. The molecule has 0 unspecified atom stereocenters. The van der Waals surface area contributed by atoms with E-state index >= 15 is 0 Å². The molecule has 5 nitrogen and oxygen atoms in total. The number of nitrogens with one attached hydrogen (secondary N) is 1. The lowest BCUT2D eigenvalue weighted by atomic mass is 10.2. The molecule has 1 amide bonds. The number of aryl methyl sites for hydroxylation is 1. The Morgan fingerprint density at radius 3 is 2.69 bits per heavy atom. The molecule has 0 aliphatic carbocycles. The van der Waals surface area contributed by atoms with Crippen LogP contribution >= 0.6 is 46.3 Å². The van der Waals surface area contributed by atoms with E-state index in [0.717, 1.165) is 17.8 Å². The molecule has 0 spiro atoms. The van der Waals surface area contributed by atoms with Crippen LogP contribution in [-0.2, 0) is 18.3 Å². The van der Waals surface area contributed by atoms with E-state index in [4.69, 9.17) is 23.2 Å². The lowest BCUT2D eigenvalue weighted by molar-refractivity contribution is -0.113. The van der Waals surface area contributed by atoms with Gasteiger partial charge in [0, 0.05) is 22.9 Å². The summed E-state index contributed by atoms with van der Waals surface area (Å²) in [5.41, 5.74) is 1.46. The van der Waals surface area contributed by atoms with Crippen LogP contribution in [0.4, 0.5) is 5.69 Å². The Morgan fingerprint density at radius 2 is 2.04 bits per heavy atom. The molecule has 0 saturated carbocycles. The van der Waals surface area contributed by atoms with Crippen molar-refractivity contribution < 1.29 is 4.79 Å². The van der Waals surface area contributed by atoms with E-state index in [9.17, 15) is 4.79 Å². The minimum absolute atomic E-state index is 0.178. The van der Waals surface area contributed by atoms with Gasteiger partial charge in [0.1, 0.15) is 0 Å². The number of thiophene rings is 1. The zero-order valence-electron chi connectivity index (χ0n) is 14.1. The maximum atomic E-state index is 12.2. The van der Waals surface area contributed by atoms with Gasteiger partial charge in [0.2, 0.25) is 5.91 Å². The number of amides is 1. The molecule has 2 aromatic heterocycles. The second-order valence-corrected chi connectivity index (χ2v) is 8.21. The van der Waals surface area contributed by atoms with Gasteiger partial charge in [0.25, 0.3) is 0 Å². The Bertz CT molecular complexity index is 918. The number of carbonyl (C=O) groups is 1. The van der Waals surface area contributed by atoms with E-state index < -0.39 is 0 Å². The van der Waals surface area contributed by atoms with Crippen LogP contribution in [0.1, 0.15) is 11.8 Å². The number of hydrogen-bond donors (Lipinski definition) is 1. The first-order valence-corrected chi connectivity index (χ1v) is 10.5. The van der Waals surface area contributed by atoms with Gasteiger partial charge >= 0.3 is 0 Å². The molecule has 26 heavy (non-hydrogen) atoms. The quantitative estimate of drug-likeness (QED) is 0.553. The van der Waals surface area contributed by atoms with Crippen molar-refractivity contribution in [3.8, 4) is 11.4 Å². The van der Waals surface area contributed by atoms with Crippen LogP contribution in [0.5, 0.6) is 0 Å². The molecule has 136 valence electrons. The summed E-state index contributed by atoms with van der Waals surface area (Å²) in [5, 5.41) is 14.7. The number of anilines is 1. The number of nitrogens with zero attached hydrogens (tertiary/aromatic N) is 3. The smallest absolute Gasteiger partial charge is 0.234 e. The predicted molar refractivity (Wildman–Crippen MR) is 110 cm³/mol. The van der Waals surface area contributed by atoms with Gasteiger partial charge in [-0.2, -0.15) is 0 Å². The van der Waals surface area contributed by atoms with Crippen molar-refractivity contribution in [2.45, 2.75) is 18.5 Å². The fourth-order valence-electron chi connectivity index (χ4n) is 2.30. The van der Waals surface area contributed by atoms with Crippen molar-refractivity contribution in [1.82, 2.24) is 14.8 Å². The minimum atomic E-state index is -0.210. The molecule has 0 bridgehead atoms. The number of rotatable bonds is 6. The molecule has 1 aromatic carbocycles. The first kappa shape index (κ1) is 19.2. The number of thioether (sulfide) groups is 1. The second kappa shape index (κ2) is 8.43. The Kier molecular flexibility index (Phi) is 6.24. The third kappa shape index (κ3) is 4.23.